The summed E-state index contributed by atoms with van der Waals surface area (Å²) in [5.41, 5.74) is 6.58. The van der Waals surface area contributed by atoms with Gasteiger partial charge in [0.2, 0.25) is 0 Å². The van der Waals surface area contributed by atoms with Gasteiger partial charge in [-0.25, -0.2) is 15.2 Å². The third-order valence-electron chi connectivity index (χ3n) is 3.97. The second kappa shape index (κ2) is 7.34. The summed E-state index contributed by atoms with van der Waals surface area (Å²) in [5.74, 6) is 3.77. The number of nitrogens with zero attached hydrogens (tertiary/aromatic N) is 3. The van der Waals surface area contributed by atoms with Crippen LogP contribution in [-0.4, -0.2) is 28.2 Å². The van der Waals surface area contributed by atoms with Gasteiger partial charge in [-0.05, 0) is 37.3 Å². The maximum absolute atomic E-state index is 14.3. The first-order valence-electron chi connectivity index (χ1n) is 8.02. The fourth-order valence-electron chi connectivity index (χ4n) is 2.49. The molecule has 0 radical (unpaired) electrons. The van der Waals surface area contributed by atoms with Crippen LogP contribution in [0.3, 0.4) is 0 Å². The summed E-state index contributed by atoms with van der Waals surface area (Å²) >= 11 is 0. The molecule has 0 aliphatic carbocycles. The third kappa shape index (κ3) is 3.67. The highest BCUT2D eigenvalue weighted by molar-refractivity contribution is 5.99. The van der Waals surface area contributed by atoms with Crippen molar-refractivity contribution in [3.8, 4) is 0 Å². The van der Waals surface area contributed by atoms with Crippen LogP contribution in [0.15, 0.2) is 42.6 Å². The van der Waals surface area contributed by atoms with E-state index in [1.165, 1.54) is 6.92 Å². The van der Waals surface area contributed by atoms with Gasteiger partial charge >= 0.3 is 0 Å². The number of fused-ring (bicyclic) bond motifs is 1. The van der Waals surface area contributed by atoms with Crippen LogP contribution in [-0.2, 0) is 4.79 Å². The molecule has 9 heteroatoms. The number of carbonyl (C=O) groups is 2. The van der Waals surface area contributed by atoms with Crippen LogP contribution < -0.4 is 21.9 Å². The van der Waals surface area contributed by atoms with E-state index in [1.54, 1.807) is 30.5 Å². The van der Waals surface area contributed by atoms with E-state index in [-0.39, 0.29) is 17.2 Å². The van der Waals surface area contributed by atoms with Crippen molar-refractivity contribution in [3.05, 3.63) is 54.0 Å². The van der Waals surface area contributed by atoms with Crippen molar-refractivity contribution in [2.45, 2.75) is 13.0 Å². The number of amides is 1. The Bertz CT molecular complexity index is 1030. The fourth-order valence-corrected chi connectivity index (χ4v) is 2.49. The number of nitrogens with two attached hydrogens (primary N) is 2. The zero-order valence-electron chi connectivity index (χ0n) is 14.4. The Hall–Kier alpha value is -3.59. The predicted octanol–water partition coefficient (Wildman–Crippen LogP) is 1.88. The van der Waals surface area contributed by atoms with Crippen molar-refractivity contribution in [1.29, 1.82) is 0 Å². The van der Waals surface area contributed by atoms with Gasteiger partial charge in [0, 0.05) is 17.3 Å². The van der Waals surface area contributed by atoms with Gasteiger partial charge in [0.05, 0.1) is 17.1 Å². The van der Waals surface area contributed by atoms with Crippen LogP contribution in [0.5, 0.6) is 0 Å². The van der Waals surface area contributed by atoms with E-state index in [9.17, 15) is 14.0 Å². The molecule has 0 aliphatic heterocycles. The molecule has 1 aromatic carbocycles. The summed E-state index contributed by atoms with van der Waals surface area (Å²) in [4.78, 5) is 31.0. The van der Waals surface area contributed by atoms with Crippen molar-refractivity contribution >= 4 is 40.4 Å². The molecule has 3 aromatic rings. The monoisotopic (exact) mass is 368 g/mol. The SMILES string of the molecule is CC(C=O)N(N)c1nc(Nc2ccc3ncccc3c2)c(C(N)=O)cc1F. The number of hydrogen-bond acceptors (Lipinski definition) is 7. The van der Waals surface area contributed by atoms with E-state index >= 15 is 0 Å². The first kappa shape index (κ1) is 18.2. The molecular weight excluding hydrogens is 351 g/mol. The van der Waals surface area contributed by atoms with Crippen molar-refractivity contribution in [2.24, 2.45) is 11.6 Å². The molecule has 1 atom stereocenters. The van der Waals surface area contributed by atoms with Gasteiger partial charge in [0.1, 0.15) is 12.1 Å². The average Bonchev–Trinajstić information content (AvgIpc) is 2.67. The highest BCUT2D eigenvalue weighted by Crippen LogP contribution is 2.26. The molecule has 0 aliphatic rings. The van der Waals surface area contributed by atoms with Gasteiger partial charge in [-0.1, -0.05) is 6.07 Å². The van der Waals surface area contributed by atoms with Crippen molar-refractivity contribution in [3.63, 3.8) is 0 Å². The summed E-state index contributed by atoms with van der Waals surface area (Å²) in [7, 11) is 0. The van der Waals surface area contributed by atoms with Crippen molar-refractivity contribution in [2.75, 3.05) is 10.3 Å². The number of hydrogen-bond donors (Lipinski definition) is 3. The van der Waals surface area contributed by atoms with Crippen molar-refractivity contribution < 1.29 is 14.0 Å². The van der Waals surface area contributed by atoms with E-state index < -0.39 is 17.8 Å². The van der Waals surface area contributed by atoms with Gasteiger partial charge in [0.25, 0.3) is 5.91 Å². The summed E-state index contributed by atoms with van der Waals surface area (Å²) in [6.07, 6.45) is 2.23. The lowest BCUT2D eigenvalue weighted by molar-refractivity contribution is -0.108. The molecule has 138 valence electrons. The smallest absolute Gasteiger partial charge is 0.252 e. The van der Waals surface area contributed by atoms with Gasteiger partial charge in [0.15, 0.2) is 11.6 Å². The number of anilines is 3. The minimum absolute atomic E-state index is 0.0238. The zero-order chi connectivity index (χ0) is 19.6. The van der Waals surface area contributed by atoms with Crippen LogP contribution in [0.25, 0.3) is 10.9 Å². The number of pyridine rings is 2. The molecule has 1 unspecified atom stereocenters. The lowest BCUT2D eigenvalue weighted by Gasteiger charge is -2.22. The number of carbonyl (C=O) groups excluding carboxylic acids is 2. The number of aldehydes is 1. The lowest BCUT2D eigenvalue weighted by Crippen LogP contribution is -2.41. The largest absolute Gasteiger partial charge is 0.365 e. The maximum Gasteiger partial charge on any atom is 0.252 e. The molecule has 5 N–H and O–H groups in total. The Morgan fingerprint density at radius 3 is 2.81 bits per heavy atom. The summed E-state index contributed by atoms with van der Waals surface area (Å²) in [6, 6.07) is 9.11. The minimum Gasteiger partial charge on any atom is -0.365 e. The van der Waals surface area contributed by atoms with Crippen LogP contribution in [0.1, 0.15) is 17.3 Å². The van der Waals surface area contributed by atoms with Gasteiger partial charge in [-0.15, -0.1) is 0 Å². The summed E-state index contributed by atoms with van der Waals surface area (Å²) < 4.78 is 14.3. The Morgan fingerprint density at radius 1 is 1.33 bits per heavy atom. The van der Waals surface area contributed by atoms with Gasteiger partial charge in [-0.3, -0.25) is 14.8 Å². The highest BCUT2D eigenvalue weighted by atomic mass is 19.1. The topological polar surface area (TPSA) is 127 Å². The minimum atomic E-state index is -0.867. The molecule has 0 spiro atoms. The Kier molecular flexibility index (Phi) is 4.95. The average molecular weight is 368 g/mol. The van der Waals surface area contributed by atoms with Gasteiger partial charge in [-0.2, -0.15) is 0 Å². The molecule has 3 rings (SSSR count). The second-order valence-electron chi connectivity index (χ2n) is 5.87. The molecule has 1 amide bonds. The molecule has 27 heavy (non-hydrogen) atoms. The van der Waals surface area contributed by atoms with Crippen LogP contribution >= 0.6 is 0 Å². The molecule has 0 saturated heterocycles. The van der Waals surface area contributed by atoms with Crippen LogP contribution in [0.4, 0.5) is 21.7 Å². The molecule has 0 fully saturated rings. The number of nitrogens with one attached hydrogen (secondary N) is 1. The molecule has 2 aromatic heterocycles. The number of benzene rings is 1. The number of primary amides is 1. The summed E-state index contributed by atoms with van der Waals surface area (Å²) in [6.45, 7) is 1.49. The quantitative estimate of drug-likeness (QED) is 0.344. The van der Waals surface area contributed by atoms with E-state index in [0.717, 1.165) is 22.0 Å². The Morgan fingerprint density at radius 2 is 2.11 bits per heavy atom. The number of aromatic nitrogens is 2. The third-order valence-corrected chi connectivity index (χ3v) is 3.97. The van der Waals surface area contributed by atoms with Gasteiger partial charge < -0.3 is 15.8 Å². The number of hydrazine groups is 1. The Labute approximate surface area is 154 Å². The summed E-state index contributed by atoms with van der Waals surface area (Å²) in [5, 5.41) is 4.69. The van der Waals surface area contributed by atoms with Crippen LogP contribution in [0.2, 0.25) is 0 Å². The molecule has 0 bridgehead atoms. The first-order chi connectivity index (χ1) is 12.9. The normalized spacial score (nSPS) is 11.8. The van der Waals surface area contributed by atoms with E-state index in [0.29, 0.717) is 12.0 Å². The first-order valence-corrected chi connectivity index (χ1v) is 8.02. The van der Waals surface area contributed by atoms with E-state index in [2.05, 4.69) is 15.3 Å². The van der Waals surface area contributed by atoms with E-state index in [1.807, 2.05) is 6.07 Å². The second-order valence-corrected chi connectivity index (χ2v) is 5.87. The van der Waals surface area contributed by atoms with Crippen molar-refractivity contribution in [1.82, 2.24) is 9.97 Å². The molecule has 2 heterocycles. The zero-order valence-corrected chi connectivity index (χ0v) is 14.4. The highest BCUT2D eigenvalue weighted by Gasteiger charge is 2.21. The number of halogens is 1. The van der Waals surface area contributed by atoms with Crippen LogP contribution in [0, 0.1) is 5.82 Å². The molecule has 0 saturated carbocycles. The standard InChI is InChI=1S/C18H17FN6O2/c1-10(9-26)25(21)18-14(19)8-13(16(20)27)17(24-18)23-12-4-5-15-11(7-12)3-2-6-22-15/h2-10H,21H2,1H3,(H2,20,27)(H,23,24). The molecule has 8 nitrogen and oxygen atoms in total. The predicted molar refractivity (Wildman–Crippen MR) is 99.9 cm³/mol. The maximum atomic E-state index is 14.3. The lowest BCUT2D eigenvalue weighted by atomic mass is 10.2. The van der Waals surface area contributed by atoms with E-state index in [4.69, 9.17) is 11.6 Å². The Balaban J connectivity index is 2.05. The fraction of sp³-hybridized carbons (Fsp3) is 0.111. The number of rotatable bonds is 6. The molecular formula is C18H17FN6O2.